The summed E-state index contributed by atoms with van der Waals surface area (Å²) in [5, 5.41) is 15.3. The molecule has 0 amide bonds. The van der Waals surface area contributed by atoms with Gasteiger partial charge in [-0.2, -0.15) is 0 Å². The first-order chi connectivity index (χ1) is 9.54. The summed E-state index contributed by atoms with van der Waals surface area (Å²) in [6, 6.07) is 0. The molecule has 1 aromatic rings. The van der Waals surface area contributed by atoms with Gasteiger partial charge in [-0.15, -0.1) is 5.10 Å². The van der Waals surface area contributed by atoms with E-state index in [0.717, 1.165) is 12.4 Å². The van der Waals surface area contributed by atoms with Gasteiger partial charge in [-0.25, -0.2) is 4.68 Å². The van der Waals surface area contributed by atoms with E-state index in [9.17, 15) is 0 Å². The van der Waals surface area contributed by atoms with Crippen molar-refractivity contribution < 1.29 is 4.74 Å². The largest absolute Gasteiger partial charge is 0.376 e. The van der Waals surface area contributed by atoms with E-state index < -0.39 is 0 Å². The zero-order valence-electron chi connectivity index (χ0n) is 12.9. The van der Waals surface area contributed by atoms with Crippen molar-refractivity contribution in [3.05, 3.63) is 5.82 Å². The first-order valence-electron chi connectivity index (χ1n) is 7.66. The van der Waals surface area contributed by atoms with Gasteiger partial charge in [0.15, 0.2) is 5.82 Å². The smallest absolute Gasteiger partial charge is 0.165 e. The Labute approximate surface area is 121 Å². The molecule has 0 radical (unpaired) electrons. The third-order valence-electron chi connectivity index (χ3n) is 3.59. The number of ether oxygens (including phenoxy) is 1. The van der Waals surface area contributed by atoms with Gasteiger partial charge in [0, 0.05) is 5.54 Å². The van der Waals surface area contributed by atoms with Gasteiger partial charge in [-0.1, -0.05) is 19.3 Å². The molecule has 1 aromatic heterocycles. The number of hydrogen-bond donors (Lipinski definition) is 1. The van der Waals surface area contributed by atoms with Gasteiger partial charge in [-0.05, 0) is 44.0 Å². The second kappa shape index (κ2) is 7.13. The van der Waals surface area contributed by atoms with Gasteiger partial charge in [-0.3, -0.25) is 0 Å². The highest BCUT2D eigenvalue weighted by molar-refractivity contribution is 4.83. The van der Waals surface area contributed by atoms with E-state index in [2.05, 4.69) is 41.6 Å². The molecule has 1 heterocycles. The average molecular weight is 281 g/mol. The molecule has 0 unspecified atom stereocenters. The Hall–Kier alpha value is -1.01. The lowest BCUT2D eigenvalue weighted by molar-refractivity contribution is 0.0223. The minimum Gasteiger partial charge on any atom is -0.376 e. The van der Waals surface area contributed by atoms with E-state index >= 15 is 0 Å². The Morgan fingerprint density at radius 3 is 2.70 bits per heavy atom. The topological polar surface area (TPSA) is 64.9 Å². The Morgan fingerprint density at radius 2 is 2.00 bits per heavy atom. The summed E-state index contributed by atoms with van der Waals surface area (Å²) >= 11 is 0. The van der Waals surface area contributed by atoms with Crippen molar-refractivity contribution in [1.29, 1.82) is 0 Å². The lowest BCUT2D eigenvalue weighted by atomic mass is 9.98. The SMILES string of the molecule is CC(C)(C)NCc1nnnn1CCOC1CCCCC1. The molecule has 114 valence electrons. The van der Waals surface area contributed by atoms with Crippen molar-refractivity contribution in [3.8, 4) is 0 Å². The Kier molecular flexibility index (Phi) is 5.48. The summed E-state index contributed by atoms with van der Waals surface area (Å²) in [7, 11) is 0. The highest BCUT2D eigenvalue weighted by Crippen LogP contribution is 2.20. The van der Waals surface area contributed by atoms with Crippen LogP contribution in [0.2, 0.25) is 0 Å². The summed E-state index contributed by atoms with van der Waals surface area (Å²) in [6.45, 7) is 8.50. The van der Waals surface area contributed by atoms with Crippen molar-refractivity contribution in [3.63, 3.8) is 0 Å². The van der Waals surface area contributed by atoms with Crippen LogP contribution in [0.5, 0.6) is 0 Å². The maximum Gasteiger partial charge on any atom is 0.165 e. The summed E-state index contributed by atoms with van der Waals surface area (Å²) in [5.74, 6) is 0.868. The molecular weight excluding hydrogens is 254 g/mol. The molecule has 0 spiro atoms. The molecule has 0 bridgehead atoms. The third kappa shape index (κ3) is 5.17. The van der Waals surface area contributed by atoms with Gasteiger partial charge in [0.05, 0.1) is 25.8 Å². The van der Waals surface area contributed by atoms with Crippen LogP contribution >= 0.6 is 0 Å². The van der Waals surface area contributed by atoms with Crippen LogP contribution in [0.25, 0.3) is 0 Å². The lowest BCUT2D eigenvalue weighted by Gasteiger charge is -2.22. The van der Waals surface area contributed by atoms with Crippen LogP contribution < -0.4 is 5.32 Å². The molecule has 0 aliphatic heterocycles. The van der Waals surface area contributed by atoms with Crippen LogP contribution in [0.4, 0.5) is 0 Å². The van der Waals surface area contributed by atoms with Crippen molar-refractivity contribution in [2.75, 3.05) is 6.61 Å². The molecule has 1 saturated carbocycles. The minimum absolute atomic E-state index is 0.0649. The quantitative estimate of drug-likeness (QED) is 0.863. The van der Waals surface area contributed by atoms with E-state index in [0.29, 0.717) is 19.3 Å². The van der Waals surface area contributed by atoms with E-state index in [1.165, 1.54) is 32.1 Å². The summed E-state index contributed by atoms with van der Waals surface area (Å²) in [4.78, 5) is 0. The van der Waals surface area contributed by atoms with Crippen molar-refractivity contribution >= 4 is 0 Å². The first kappa shape index (κ1) is 15.4. The lowest BCUT2D eigenvalue weighted by Crippen LogP contribution is -2.36. The first-order valence-corrected chi connectivity index (χ1v) is 7.66. The molecule has 1 fully saturated rings. The molecule has 20 heavy (non-hydrogen) atoms. The van der Waals surface area contributed by atoms with Crippen molar-refractivity contribution in [2.45, 2.75) is 77.6 Å². The molecule has 6 heteroatoms. The van der Waals surface area contributed by atoms with Gasteiger partial charge in [0.1, 0.15) is 0 Å². The molecule has 1 aliphatic carbocycles. The van der Waals surface area contributed by atoms with Gasteiger partial charge < -0.3 is 10.1 Å². The van der Waals surface area contributed by atoms with E-state index in [4.69, 9.17) is 4.74 Å². The zero-order chi connectivity index (χ0) is 14.4. The maximum absolute atomic E-state index is 5.92. The molecule has 2 rings (SSSR count). The van der Waals surface area contributed by atoms with E-state index in [-0.39, 0.29) is 5.54 Å². The summed E-state index contributed by atoms with van der Waals surface area (Å²) in [5.41, 5.74) is 0.0649. The van der Waals surface area contributed by atoms with Crippen LogP contribution in [0.3, 0.4) is 0 Å². The average Bonchev–Trinajstić information content (AvgIpc) is 2.84. The van der Waals surface area contributed by atoms with Crippen LogP contribution in [-0.2, 0) is 17.8 Å². The molecule has 1 N–H and O–H groups in total. The van der Waals surface area contributed by atoms with Crippen molar-refractivity contribution in [2.24, 2.45) is 0 Å². The van der Waals surface area contributed by atoms with Crippen LogP contribution in [0, 0.1) is 0 Å². The Bertz CT molecular complexity index is 393. The fourth-order valence-electron chi connectivity index (χ4n) is 2.41. The zero-order valence-corrected chi connectivity index (χ0v) is 12.9. The number of rotatable bonds is 6. The van der Waals surface area contributed by atoms with Gasteiger partial charge >= 0.3 is 0 Å². The Balaban J connectivity index is 1.74. The number of nitrogens with zero attached hydrogens (tertiary/aromatic N) is 4. The fraction of sp³-hybridized carbons (Fsp3) is 0.929. The summed E-state index contributed by atoms with van der Waals surface area (Å²) < 4.78 is 7.75. The molecular formula is C14H27N5O. The standard InChI is InChI=1S/C14H27N5O/c1-14(2,3)15-11-13-16-17-18-19(13)9-10-20-12-7-5-4-6-8-12/h12,15H,4-11H2,1-3H3. The number of hydrogen-bond acceptors (Lipinski definition) is 5. The second-order valence-electron chi connectivity index (χ2n) is 6.55. The highest BCUT2D eigenvalue weighted by atomic mass is 16.5. The summed E-state index contributed by atoms with van der Waals surface area (Å²) in [6.07, 6.45) is 6.81. The monoisotopic (exact) mass is 281 g/mol. The molecule has 1 aliphatic rings. The predicted molar refractivity (Wildman–Crippen MR) is 77.2 cm³/mol. The third-order valence-corrected chi connectivity index (χ3v) is 3.59. The fourth-order valence-corrected chi connectivity index (χ4v) is 2.41. The molecule has 0 atom stereocenters. The number of tetrazole rings is 1. The van der Waals surface area contributed by atoms with E-state index in [1.54, 1.807) is 0 Å². The number of aromatic nitrogens is 4. The minimum atomic E-state index is 0.0649. The molecule has 6 nitrogen and oxygen atoms in total. The molecule has 0 aromatic carbocycles. The number of nitrogens with one attached hydrogen (secondary N) is 1. The van der Waals surface area contributed by atoms with Crippen LogP contribution in [0.15, 0.2) is 0 Å². The normalized spacial score (nSPS) is 17.6. The highest BCUT2D eigenvalue weighted by Gasteiger charge is 2.15. The van der Waals surface area contributed by atoms with Gasteiger partial charge in [0.2, 0.25) is 0 Å². The van der Waals surface area contributed by atoms with Crippen LogP contribution in [0.1, 0.15) is 58.7 Å². The van der Waals surface area contributed by atoms with Crippen molar-refractivity contribution in [1.82, 2.24) is 25.5 Å². The van der Waals surface area contributed by atoms with Crippen LogP contribution in [-0.4, -0.2) is 38.5 Å². The predicted octanol–water partition coefficient (Wildman–Crippen LogP) is 1.91. The second-order valence-corrected chi connectivity index (χ2v) is 6.55. The maximum atomic E-state index is 5.92. The molecule has 0 saturated heterocycles. The van der Waals surface area contributed by atoms with E-state index in [1.807, 2.05) is 4.68 Å². The van der Waals surface area contributed by atoms with Gasteiger partial charge in [0.25, 0.3) is 0 Å². The Morgan fingerprint density at radius 1 is 1.25 bits per heavy atom.